The smallest absolute Gasteiger partial charge is 0.324 e. The van der Waals surface area contributed by atoms with Crippen molar-refractivity contribution < 1.29 is 9.45 Å². The van der Waals surface area contributed by atoms with Crippen molar-refractivity contribution in [2.24, 2.45) is 0 Å². The molecule has 0 fully saturated rings. The third kappa shape index (κ3) is 2.05. The van der Waals surface area contributed by atoms with E-state index in [1.54, 1.807) is 6.07 Å². The average molecular weight is 290 g/mol. The fourth-order valence-corrected chi connectivity index (χ4v) is 1.92. The Morgan fingerprint density at radius 2 is 2.40 bits per heavy atom. The van der Waals surface area contributed by atoms with Gasteiger partial charge in [-0.1, -0.05) is 32.4 Å². The van der Waals surface area contributed by atoms with Crippen LogP contribution in [0.5, 0.6) is 0 Å². The Morgan fingerprint density at radius 1 is 1.60 bits per heavy atom. The van der Waals surface area contributed by atoms with E-state index in [9.17, 15) is 10.1 Å². The van der Waals surface area contributed by atoms with Gasteiger partial charge in [-0.3, -0.25) is 10.1 Å². The third-order valence-corrected chi connectivity index (χ3v) is 3.10. The van der Waals surface area contributed by atoms with Crippen molar-refractivity contribution in [3.05, 3.63) is 28.1 Å². The molecule has 0 aliphatic carbocycles. The molecule has 0 aromatic carbocycles. The zero-order chi connectivity index (χ0) is 10.8. The zero-order valence-corrected chi connectivity index (χ0v) is 9.62. The molecule has 78 valence electrons. The SMILES string of the molecule is O=[N+]([O-])c1ccc(-c2nc(CBr)no2)s1. The second-order valence-electron chi connectivity index (χ2n) is 2.54. The molecular formula is C7H4BrN3O3S. The lowest BCUT2D eigenvalue weighted by Crippen LogP contribution is -1.80. The van der Waals surface area contributed by atoms with Crippen molar-refractivity contribution in [3.63, 3.8) is 0 Å². The number of hydrogen-bond acceptors (Lipinski definition) is 6. The third-order valence-electron chi connectivity index (χ3n) is 1.57. The Labute approximate surface area is 96.2 Å². The van der Waals surface area contributed by atoms with Crippen molar-refractivity contribution in [3.8, 4) is 10.8 Å². The molecule has 2 rings (SSSR count). The Hall–Kier alpha value is -1.28. The highest BCUT2D eigenvalue weighted by atomic mass is 79.9. The van der Waals surface area contributed by atoms with Gasteiger partial charge in [0.05, 0.1) is 15.1 Å². The summed E-state index contributed by atoms with van der Waals surface area (Å²) < 4.78 is 4.93. The van der Waals surface area contributed by atoms with Crippen molar-refractivity contribution in [2.75, 3.05) is 0 Å². The molecule has 6 nitrogen and oxygen atoms in total. The summed E-state index contributed by atoms with van der Waals surface area (Å²) >= 11 is 4.19. The number of nitrogens with zero attached hydrogens (tertiary/aromatic N) is 3. The van der Waals surface area contributed by atoms with Crippen LogP contribution in [0.4, 0.5) is 5.00 Å². The molecule has 0 saturated carbocycles. The molecule has 0 bridgehead atoms. The standard InChI is InChI=1S/C7H4BrN3O3S/c8-3-5-9-7(14-10-5)4-1-2-6(15-4)11(12)13/h1-2H,3H2. The van der Waals surface area contributed by atoms with Crippen LogP contribution in [-0.2, 0) is 5.33 Å². The monoisotopic (exact) mass is 289 g/mol. The van der Waals surface area contributed by atoms with Crippen LogP contribution in [0.25, 0.3) is 10.8 Å². The van der Waals surface area contributed by atoms with Crippen LogP contribution in [0.2, 0.25) is 0 Å². The second-order valence-corrected chi connectivity index (χ2v) is 4.17. The van der Waals surface area contributed by atoms with E-state index in [0.29, 0.717) is 21.9 Å². The van der Waals surface area contributed by atoms with Crippen LogP contribution >= 0.6 is 27.3 Å². The molecule has 15 heavy (non-hydrogen) atoms. The summed E-state index contributed by atoms with van der Waals surface area (Å²) in [6, 6.07) is 3.01. The fourth-order valence-electron chi connectivity index (χ4n) is 0.949. The number of nitro groups is 1. The van der Waals surface area contributed by atoms with E-state index in [4.69, 9.17) is 4.52 Å². The molecule has 0 N–H and O–H groups in total. The molecule has 0 amide bonds. The zero-order valence-electron chi connectivity index (χ0n) is 7.21. The first-order chi connectivity index (χ1) is 7.20. The molecule has 0 radical (unpaired) electrons. The molecule has 8 heteroatoms. The lowest BCUT2D eigenvalue weighted by atomic mass is 10.4. The van der Waals surface area contributed by atoms with Crippen LogP contribution in [0.15, 0.2) is 16.7 Å². The van der Waals surface area contributed by atoms with Crippen LogP contribution in [0.1, 0.15) is 5.82 Å². The highest BCUT2D eigenvalue weighted by Crippen LogP contribution is 2.31. The van der Waals surface area contributed by atoms with Gasteiger partial charge in [-0.2, -0.15) is 4.98 Å². The van der Waals surface area contributed by atoms with Gasteiger partial charge in [-0.25, -0.2) is 0 Å². The molecule has 2 heterocycles. The molecule has 2 aromatic heterocycles. The van der Waals surface area contributed by atoms with Crippen molar-refractivity contribution in [1.82, 2.24) is 10.1 Å². The fraction of sp³-hybridized carbons (Fsp3) is 0.143. The molecule has 0 atom stereocenters. The number of hydrogen-bond donors (Lipinski definition) is 0. The Balaban J connectivity index is 2.32. The minimum Gasteiger partial charge on any atom is -0.333 e. The summed E-state index contributed by atoms with van der Waals surface area (Å²) in [7, 11) is 0. The van der Waals surface area contributed by atoms with Crippen LogP contribution in [-0.4, -0.2) is 15.1 Å². The summed E-state index contributed by atoms with van der Waals surface area (Å²) in [6.45, 7) is 0. The summed E-state index contributed by atoms with van der Waals surface area (Å²) in [5, 5.41) is 14.7. The number of aromatic nitrogens is 2. The molecule has 0 unspecified atom stereocenters. The molecule has 0 saturated heterocycles. The van der Waals surface area contributed by atoms with Gasteiger partial charge in [0.2, 0.25) is 0 Å². The van der Waals surface area contributed by atoms with Gasteiger partial charge in [-0.05, 0) is 6.07 Å². The molecule has 2 aromatic rings. The van der Waals surface area contributed by atoms with Gasteiger partial charge in [0.1, 0.15) is 0 Å². The van der Waals surface area contributed by atoms with Crippen LogP contribution in [0, 0.1) is 10.1 Å². The predicted molar refractivity (Wildman–Crippen MR) is 56.9 cm³/mol. The highest BCUT2D eigenvalue weighted by molar-refractivity contribution is 9.08. The van der Waals surface area contributed by atoms with E-state index >= 15 is 0 Å². The van der Waals surface area contributed by atoms with Gasteiger partial charge < -0.3 is 4.52 Å². The van der Waals surface area contributed by atoms with Crippen molar-refractivity contribution >= 4 is 32.3 Å². The van der Waals surface area contributed by atoms with Crippen LogP contribution in [0.3, 0.4) is 0 Å². The van der Waals surface area contributed by atoms with E-state index in [-0.39, 0.29) is 5.00 Å². The minimum atomic E-state index is -0.448. The maximum Gasteiger partial charge on any atom is 0.324 e. The number of thiophene rings is 1. The summed E-state index contributed by atoms with van der Waals surface area (Å²) in [4.78, 5) is 14.6. The lowest BCUT2D eigenvalue weighted by molar-refractivity contribution is -0.380. The molecule has 0 spiro atoms. The molecule has 0 aliphatic heterocycles. The first-order valence-corrected chi connectivity index (χ1v) is 5.77. The lowest BCUT2D eigenvalue weighted by Gasteiger charge is -1.82. The molecule has 0 aliphatic rings. The average Bonchev–Trinajstić information content (AvgIpc) is 2.86. The van der Waals surface area contributed by atoms with E-state index in [0.717, 1.165) is 11.3 Å². The Morgan fingerprint density at radius 3 is 2.93 bits per heavy atom. The predicted octanol–water partition coefficient (Wildman–Crippen LogP) is 2.60. The summed E-state index contributed by atoms with van der Waals surface area (Å²) in [5.74, 6) is 0.823. The maximum atomic E-state index is 10.4. The first kappa shape index (κ1) is 10.2. The first-order valence-electron chi connectivity index (χ1n) is 3.84. The minimum absolute atomic E-state index is 0.0589. The Kier molecular flexibility index (Phi) is 2.78. The normalized spacial score (nSPS) is 10.5. The summed E-state index contributed by atoms with van der Waals surface area (Å²) in [5.41, 5.74) is 0. The second kappa shape index (κ2) is 4.07. The Bertz CT molecular complexity index is 495. The van der Waals surface area contributed by atoms with Gasteiger partial charge in [0, 0.05) is 6.07 Å². The van der Waals surface area contributed by atoms with E-state index in [2.05, 4.69) is 26.1 Å². The van der Waals surface area contributed by atoms with E-state index in [1.807, 2.05) is 0 Å². The van der Waals surface area contributed by atoms with Crippen molar-refractivity contribution in [2.45, 2.75) is 5.33 Å². The number of alkyl halides is 1. The topological polar surface area (TPSA) is 82.1 Å². The van der Waals surface area contributed by atoms with E-state index in [1.165, 1.54) is 6.07 Å². The van der Waals surface area contributed by atoms with Gasteiger partial charge in [0.15, 0.2) is 5.82 Å². The maximum absolute atomic E-state index is 10.4. The number of rotatable bonds is 3. The summed E-state index contributed by atoms with van der Waals surface area (Å²) in [6.07, 6.45) is 0. The van der Waals surface area contributed by atoms with E-state index < -0.39 is 4.92 Å². The number of halogens is 1. The quantitative estimate of drug-likeness (QED) is 0.493. The van der Waals surface area contributed by atoms with Gasteiger partial charge >= 0.3 is 5.00 Å². The van der Waals surface area contributed by atoms with Gasteiger partial charge in [0.25, 0.3) is 5.89 Å². The van der Waals surface area contributed by atoms with Crippen LogP contribution < -0.4 is 0 Å². The van der Waals surface area contributed by atoms with Gasteiger partial charge in [-0.15, -0.1) is 0 Å². The van der Waals surface area contributed by atoms with Crippen molar-refractivity contribution in [1.29, 1.82) is 0 Å². The largest absolute Gasteiger partial charge is 0.333 e. The highest BCUT2D eigenvalue weighted by Gasteiger charge is 2.15. The molecular weight excluding hydrogens is 286 g/mol.